The summed E-state index contributed by atoms with van der Waals surface area (Å²) in [5, 5.41) is 5.82. The van der Waals surface area contributed by atoms with Crippen LogP contribution in [0, 0.1) is 13.8 Å². The van der Waals surface area contributed by atoms with Gasteiger partial charge >= 0.3 is 0 Å². The van der Waals surface area contributed by atoms with Crippen LogP contribution in [0.25, 0.3) is 10.4 Å². The van der Waals surface area contributed by atoms with Crippen LogP contribution in [0.4, 0.5) is 5.69 Å². The molecule has 1 aromatic rings. The molecule has 0 aliphatic rings. The zero-order valence-electron chi connectivity index (χ0n) is 8.69. The fraction of sp³-hybridized carbons (Fsp3) is 0.300. The fourth-order valence-electron chi connectivity index (χ4n) is 1.12. The Bertz CT molecular complexity index is 421. The van der Waals surface area contributed by atoms with E-state index in [4.69, 9.17) is 5.53 Å². The third kappa shape index (κ3) is 3.32. The minimum atomic E-state index is -0.309. The molecule has 78 valence electrons. The highest BCUT2D eigenvalue weighted by atomic mass is 16.1. The Labute approximate surface area is 87.7 Å². The highest BCUT2D eigenvalue weighted by Gasteiger charge is 2.01. The maximum Gasteiger partial charge on any atom is 0.230 e. The number of aryl methyl sites for hydroxylation is 2. The van der Waals surface area contributed by atoms with Gasteiger partial charge in [0.25, 0.3) is 0 Å². The van der Waals surface area contributed by atoms with Crippen LogP contribution in [0.1, 0.15) is 11.1 Å². The van der Waals surface area contributed by atoms with Crippen LogP contribution < -0.4 is 5.32 Å². The van der Waals surface area contributed by atoms with Crippen molar-refractivity contribution >= 4 is 11.6 Å². The lowest BCUT2D eigenvalue weighted by Gasteiger charge is -2.05. The number of hydrogen-bond acceptors (Lipinski definition) is 2. The maximum atomic E-state index is 11.2. The topological polar surface area (TPSA) is 77.9 Å². The minimum Gasteiger partial charge on any atom is -0.326 e. The molecule has 0 aromatic heterocycles. The van der Waals surface area contributed by atoms with Crippen molar-refractivity contribution in [2.45, 2.75) is 13.8 Å². The van der Waals surface area contributed by atoms with E-state index in [9.17, 15) is 4.79 Å². The summed E-state index contributed by atoms with van der Waals surface area (Å²) in [6, 6.07) is 5.62. The van der Waals surface area contributed by atoms with E-state index in [0.29, 0.717) is 0 Å². The van der Waals surface area contributed by atoms with Gasteiger partial charge in [-0.1, -0.05) is 11.2 Å². The number of nitrogens with one attached hydrogen (secondary N) is 1. The van der Waals surface area contributed by atoms with E-state index in [1.54, 1.807) is 0 Å². The molecular formula is C10H12N4O. The second-order valence-electron chi connectivity index (χ2n) is 3.24. The van der Waals surface area contributed by atoms with Gasteiger partial charge in [-0.25, -0.2) is 0 Å². The number of carbonyl (C=O) groups is 1. The molecule has 0 radical (unpaired) electrons. The van der Waals surface area contributed by atoms with Crippen molar-refractivity contribution in [2.75, 3.05) is 11.9 Å². The molecule has 15 heavy (non-hydrogen) atoms. The smallest absolute Gasteiger partial charge is 0.230 e. The van der Waals surface area contributed by atoms with Crippen LogP contribution in [-0.4, -0.2) is 12.5 Å². The average molecular weight is 204 g/mol. The molecule has 1 aromatic carbocycles. The molecule has 0 fully saturated rings. The van der Waals surface area contributed by atoms with E-state index >= 15 is 0 Å². The van der Waals surface area contributed by atoms with E-state index in [1.165, 1.54) is 5.56 Å². The van der Waals surface area contributed by atoms with Gasteiger partial charge < -0.3 is 5.32 Å². The standard InChI is InChI=1S/C10H12N4O/c1-7-3-4-9(5-8(7)2)13-10(15)6-12-14-11/h3-5H,6H2,1-2H3,(H,13,15). The molecule has 0 saturated heterocycles. The quantitative estimate of drug-likeness (QED) is 0.458. The second kappa shape index (κ2) is 5.02. The number of hydrogen-bond donors (Lipinski definition) is 1. The molecule has 5 nitrogen and oxygen atoms in total. The monoisotopic (exact) mass is 204 g/mol. The van der Waals surface area contributed by atoms with Crippen molar-refractivity contribution in [2.24, 2.45) is 5.11 Å². The summed E-state index contributed by atoms with van der Waals surface area (Å²) in [6.07, 6.45) is 0. The van der Waals surface area contributed by atoms with Gasteiger partial charge in [-0.3, -0.25) is 4.79 Å². The Morgan fingerprint density at radius 2 is 2.20 bits per heavy atom. The van der Waals surface area contributed by atoms with Crippen molar-refractivity contribution < 1.29 is 4.79 Å². The third-order valence-electron chi connectivity index (χ3n) is 2.07. The number of amides is 1. The summed E-state index contributed by atoms with van der Waals surface area (Å²) < 4.78 is 0. The Morgan fingerprint density at radius 3 is 2.80 bits per heavy atom. The highest BCUT2D eigenvalue weighted by molar-refractivity contribution is 5.92. The van der Waals surface area contributed by atoms with Crippen molar-refractivity contribution in [1.29, 1.82) is 0 Å². The first-order chi connectivity index (χ1) is 7.13. The maximum absolute atomic E-state index is 11.2. The Hall–Kier alpha value is -2.00. The van der Waals surface area contributed by atoms with Crippen molar-refractivity contribution in [3.63, 3.8) is 0 Å². The first-order valence-corrected chi connectivity index (χ1v) is 4.51. The number of anilines is 1. The third-order valence-corrected chi connectivity index (χ3v) is 2.07. The molecule has 0 aliphatic heterocycles. The van der Waals surface area contributed by atoms with E-state index in [0.717, 1.165) is 11.3 Å². The lowest BCUT2D eigenvalue weighted by Crippen LogP contribution is -2.14. The van der Waals surface area contributed by atoms with Crippen LogP contribution in [-0.2, 0) is 4.79 Å². The van der Waals surface area contributed by atoms with Crippen molar-refractivity contribution in [3.8, 4) is 0 Å². The van der Waals surface area contributed by atoms with Gasteiger partial charge in [0, 0.05) is 10.6 Å². The van der Waals surface area contributed by atoms with Gasteiger partial charge in [0.2, 0.25) is 5.91 Å². The molecule has 0 saturated carbocycles. The summed E-state index contributed by atoms with van der Waals surface area (Å²) in [7, 11) is 0. The summed E-state index contributed by atoms with van der Waals surface area (Å²) in [6.45, 7) is 3.79. The highest BCUT2D eigenvalue weighted by Crippen LogP contribution is 2.13. The van der Waals surface area contributed by atoms with E-state index in [2.05, 4.69) is 15.3 Å². The van der Waals surface area contributed by atoms with Crippen LogP contribution >= 0.6 is 0 Å². The van der Waals surface area contributed by atoms with Gasteiger partial charge in [0.15, 0.2) is 0 Å². The van der Waals surface area contributed by atoms with Gasteiger partial charge in [0.05, 0.1) is 0 Å². The molecule has 1 rings (SSSR count). The Morgan fingerprint density at radius 1 is 1.47 bits per heavy atom. The molecule has 1 N–H and O–H groups in total. The first-order valence-electron chi connectivity index (χ1n) is 4.51. The first kappa shape index (κ1) is 11.1. The lowest BCUT2D eigenvalue weighted by atomic mass is 10.1. The van der Waals surface area contributed by atoms with Crippen molar-refractivity contribution in [3.05, 3.63) is 39.8 Å². The largest absolute Gasteiger partial charge is 0.326 e. The summed E-state index contributed by atoms with van der Waals surface area (Å²) in [5.41, 5.74) is 11.0. The summed E-state index contributed by atoms with van der Waals surface area (Å²) >= 11 is 0. The number of rotatable bonds is 3. The zero-order chi connectivity index (χ0) is 11.3. The SMILES string of the molecule is Cc1ccc(NC(=O)CN=[N+]=[N-])cc1C. The minimum absolute atomic E-state index is 0.177. The van der Waals surface area contributed by atoms with Crippen LogP contribution in [0.3, 0.4) is 0 Å². The van der Waals surface area contributed by atoms with Crippen molar-refractivity contribution in [1.82, 2.24) is 0 Å². The molecule has 0 atom stereocenters. The number of azide groups is 1. The van der Waals surface area contributed by atoms with Crippen LogP contribution in [0.15, 0.2) is 23.3 Å². The molecule has 0 aliphatic carbocycles. The normalized spacial score (nSPS) is 9.20. The van der Waals surface area contributed by atoms with Gasteiger partial charge in [-0.15, -0.1) is 0 Å². The second-order valence-corrected chi connectivity index (χ2v) is 3.24. The predicted molar refractivity (Wildman–Crippen MR) is 58.6 cm³/mol. The molecule has 0 spiro atoms. The summed E-state index contributed by atoms with van der Waals surface area (Å²) in [4.78, 5) is 13.7. The molecule has 0 heterocycles. The lowest BCUT2D eigenvalue weighted by molar-refractivity contribution is -0.114. The molecule has 0 unspecified atom stereocenters. The number of nitrogens with zero attached hydrogens (tertiary/aromatic N) is 3. The van der Waals surface area contributed by atoms with Gasteiger partial charge in [-0.05, 0) is 42.6 Å². The predicted octanol–water partition coefficient (Wildman–Crippen LogP) is 2.55. The van der Waals surface area contributed by atoms with E-state index < -0.39 is 0 Å². The van der Waals surface area contributed by atoms with Gasteiger partial charge in [-0.2, -0.15) is 0 Å². The zero-order valence-corrected chi connectivity index (χ0v) is 8.69. The molecular weight excluding hydrogens is 192 g/mol. The molecule has 1 amide bonds. The summed E-state index contributed by atoms with van der Waals surface area (Å²) in [5.74, 6) is -0.309. The van der Waals surface area contributed by atoms with Crippen LogP contribution in [0.2, 0.25) is 0 Å². The van der Waals surface area contributed by atoms with E-state index in [1.807, 2.05) is 32.0 Å². The number of benzene rings is 1. The number of carbonyl (C=O) groups excluding carboxylic acids is 1. The Balaban J connectivity index is 2.68. The Kier molecular flexibility index (Phi) is 3.71. The average Bonchev–Trinajstić information content (AvgIpc) is 2.20. The van der Waals surface area contributed by atoms with Crippen LogP contribution in [0.5, 0.6) is 0 Å². The molecule has 0 bridgehead atoms. The van der Waals surface area contributed by atoms with E-state index in [-0.39, 0.29) is 12.5 Å². The molecule has 5 heteroatoms. The fourth-order valence-corrected chi connectivity index (χ4v) is 1.12. The van der Waals surface area contributed by atoms with Gasteiger partial charge in [0.1, 0.15) is 6.54 Å².